The molecule has 2 aromatic rings. The van der Waals surface area contributed by atoms with Crippen molar-refractivity contribution in [3.63, 3.8) is 0 Å². The average Bonchev–Trinajstić information content (AvgIpc) is 2.69. The van der Waals surface area contributed by atoms with Gasteiger partial charge in [0.15, 0.2) is 0 Å². The van der Waals surface area contributed by atoms with Crippen LogP contribution in [0.2, 0.25) is 0 Å². The van der Waals surface area contributed by atoms with Gasteiger partial charge in [0.2, 0.25) is 0 Å². The van der Waals surface area contributed by atoms with Gasteiger partial charge in [-0.05, 0) is 23.1 Å². The quantitative estimate of drug-likeness (QED) is 0.766. The molecule has 0 unspecified atom stereocenters. The molecule has 0 spiro atoms. The number of nitrogens with two attached hydrogens (primary N) is 1. The maximum absolute atomic E-state index is 6.17. The molecule has 0 amide bonds. The summed E-state index contributed by atoms with van der Waals surface area (Å²) in [5.74, 6) is 0.479. The Hall–Kier alpha value is -1.60. The molecule has 0 saturated carbocycles. The highest BCUT2D eigenvalue weighted by Crippen LogP contribution is 2.42. The summed E-state index contributed by atoms with van der Waals surface area (Å²) in [6, 6.07) is 19.4. The van der Waals surface area contributed by atoms with Crippen LogP contribution in [0, 0.1) is 0 Å². The zero-order valence-corrected chi connectivity index (χ0v) is 9.14. The van der Waals surface area contributed by atoms with Gasteiger partial charge in [-0.3, -0.25) is 0 Å². The molecule has 0 bridgehead atoms. The van der Waals surface area contributed by atoms with Crippen LogP contribution in [0.25, 0.3) is 0 Å². The minimum absolute atomic E-state index is 0.196. The van der Waals surface area contributed by atoms with Crippen LogP contribution < -0.4 is 5.73 Å². The summed E-state index contributed by atoms with van der Waals surface area (Å²) in [5.41, 5.74) is 10.3. The maximum Gasteiger partial charge on any atom is 0.0306 e. The van der Waals surface area contributed by atoms with Gasteiger partial charge >= 0.3 is 0 Å². The maximum atomic E-state index is 6.17. The second kappa shape index (κ2) is 3.76. The van der Waals surface area contributed by atoms with E-state index in [1.807, 2.05) is 0 Å². The topological polar surface area (TPSA) is 26.0 Å². The molecule has 0 aliphatic heterocycles. The van der Waals surface area contributed by atoms with Crippen LogP contribution in [0.1, 0.15) is 35.1 Å². The molecule has 0 heterocycles. The Morgan fingerprint density at radius 2 is 1.44 bits per heavy atom. The number of hydrogen-bond donors (Lipinski definition) is 1. The van der Waals surface area contributed by atoms with Crippen LogP contribution in [0.5, 0.6) is 0 Å². The van der Waals surface area contributed by atoms with Crippen molar-refractivity contribution in [3.05, 3.63) is 71.3 Å². The molecule has 0 fully saturated rings. The van der Waals surface area contributed by atoms with Crippen LogP contribution >= 0.6 is 0 Å². The summed E-state index contributed by atoms with van der Waals surface area (Å²) in [5, 5.41) is 0. The lowest BCUT2D eigenvalue weighted by Gasteiger charge is -2.11. The molecule has 2 atom stereocenters. The molecule has 2 aromatic carbocycles. The minimum atomic E-state index is 0.196. The van der Waals surface area contributed by atoms with Crippen LogP contribution in [0.4, 0.5) is 0 Å². The van der Waals surface area contributed by atoms with E-state index in [9.17, 15) is 0 Å². The van der Waals surface area contributed by atoms with E-state index in [2.05, 4.69) is 54.6 Å². The number of fused-ring (bicyclic) bond motifs is 1. The lowest BCUT2D eigenvalue weighted by atomic mass is 9.93. The summed E-state index contributed by atoms with van der Waals surface area (Å²) in [6.07, 6.45) is 1.03. The monoisotopic (exact) mass is 209 g/mol. The van der Waals surface area contributed by atoms with Crippen molar-refractivity contribution in [2.75, 3.05) is 0 Å². The highest BCUT2D eigenvalue weighted by molar-refractivity contribution is 5.44. The molecule has 80 valence electrons. The Morgan fingerprint density at radius 3 is 2.19 bits per heavy atom. The van der Waals surface area contributed by atoms with Crippen LogP contribution in [0.3, 0.4) is 0 Å². The third-order valence-corrected chi connectivity index (χ3v) is 3.46. The van der Waals surface area contributed by atoms with E-state index in [1.54, 1.807) is 0 Å². The average molecular weight is 209 g/mol. The zero-order chi connectivity index (χ0) is 11.0. The summed E-state index contributed by atoms with van der Waals surface area (Å²) >= 11 is 0. The van der Waals surface area contributed by atoms with Crippen molar-refractivity contribution >= 4 is 0 Å². The molecule has 0 saturated heterocycles. The Balaban J connectivity index is 2.07. The van der Waals surface area contributed by atoms with E-state index in [0.717, 1.165) is 6.42 Å². The molecule has 3 rings (SSSR count). The predicted octanol–water partition coefficient (Wildman–Crippen LogP) is 3.22. The Kier molecular flexibility index (Phi) is 2.26. The molecule has 1 aliphatic carbocycles. The van der Waals surface area contributed by atoms with Crippen LogP contribution in [0.15, 0.2) is 54.6 Å². The van der Waals surface area contributed by atoms with Gasteiger partial charge in [0, 0.05) is 12.0 Å². The fourth-order valence-corrected chi connectivity index (χ4v) is 2.67. The molecule has 0 radical (unpaired) electrons. The standard InChI is InChI=1S/C15H15N/c16-15-10-14(11-6-2-1-3-7-11)12-8-4-5-9-13(12)15/h1-9,14-15H,10,16H2/t14-,15-/m1/s1. The van der Waals surface area contributed by atoms with Crippen molar-refractivity contribution in [3.8, 4) is 0 Å². The fraction of sp³-hybridized carbons (Fsp3) is 0.200. The van der Waals surface area contributed by atoms with Gasteiger partial charge in [-0.15, -0.1) is 0 Å². The van der Waals surface area contributed by atoms with Gasteiger partial charge in [0.05, 0.1) is 0 Å². The number of benzene rings is 2. The van der Waals surface area contributed by atoms with Crippen molar-refractivity contribution in [2.24, 2.45) is 5.73 Å². The molecule has 2 N–H and O–H groups in total. The first-order valence-corrected chi connectivity index (χ1v) is 5.75. The normalized spacial score (nSPS) is 23.1. The summed E-state index contributed by atoms with van der Waals surface area (Å²) in [7, 11) is 0. The molecular formula is C15H15N. The Morgan fingerprint density at radius 1 is 0.812 bits per heavy atom. The molecular weight excluding hydrogens is 194 g/mol. The van der Waals surface area contributed by atoms with Crippen molar-refractivity contribution in [1.29, 1.82) is 0 Å². The first-order valence-electron chi connectivity index (χ1n) is 5.75. The summed E-state index contributed by atoms with van der Waals surface area (Å²) < 4.78 is 0. The van der Waals surface area contributed by atoms with E-state index in [4.69, 9.17) is 5.73 Å². The van der Waals surface area contributed by atoms with E-state index >= 15 is 0 Å². The smallest absolute Gasteiger partial charge is 0.0306 e. The van der Waals surface area contributed by atoms with Crippen LogP contribution in [-0.2, 0) is 0 Å². The van der Waals surface area contributed by atoms with Crippen molar-refractivity contribution in [1.82, 2.24) is 0 Å². The Bertz CT molecular complexity index is 490. The first kappa shape index (κ1) is 9.61. The minimum Gasteiger partial charge on any atom is -0.324 e. The molecule has 1 nitrogen and oxygen atoms in total. The Labute approximate surface area is 95.9 Å². The van der Waals surface area contributed by atoms with Gasteiger partial charge in [-0.1, -0.05) is 54.6 Å². The van der Waals surface area contributed by atoms with Gasteiger partial charge < -0.3 is 5.73 Å². The predicted molar refractivity (Wildman–Crippen MR) is 66.3 cm³/mol. The zero-order valence-electron chi connectivity index (χ0n) is 9.14. The van der Waals surface area contributed by atoms with Gasteiger partial charge in [-0.25, -0.2) is 0 Å². The van der Waals surface area contributed by atoms with E-state index < -0.39 is 0 Å². The molecule has 1 heteroatoms. The third kappa shape index (κ3) is 1.44. The van der Waals surface area contributed by atoms with Crippen molar-refractivity contribution in [2.45, 2.75) is 18.4 Å². The largest absolute Gasteiger partial charge is 0.324 e. The number of hydrogen-bond acceptors (Lipinski definition) is 1. The third-order valence-electron chi connectivity index (χ3n) is 3.46. The van der Waals surface area contributed by atoms with Gasteiger partial charge in [0.1, 0.15) is 0 Å². The molecule has 1 aliphatic rings. The van der Waals surface area contributed by atoms with E-state index in [1.165, 1.54) is 16.7 Å². The fourth-order valence-electron chi connectivity index (χ4n) is 2.67. The lowest BCUT2D eigenvalue weighted by molar-refractivity contribution is 0.662. The summed E-state index contributed by atoms with van der Waals surface area (Å²) in [6.45, 7) is 0. The van der Waals surface area contributed by atoms with Crippen molar-refractivity contribution < 1.29 is 0 Å². The van der Waals surface area contributed by atoms with Gasteiger partial charge in [0.25, 0.3) is 0 Å². The van der Waals surface area contributed by atoms with E-state index in [0.29, 0.717) is 5.92 Å². The first-order chi connectivity index (χ1) is 7.86. The van der Waals surface area contributed by atoms with E-state index in [-0.39, 0.29) is 6.04 Å². The van der Waals surface area contributed by atoms with Gasteiger partial charge in [-0.2, -0.15) is 0 Å². The lowest BCUT2D eigenvalue weighted by Crippen LogP contribution is -2.05. The second-order valence-corrected chi connectivity index (χ2v) is 4.43. The highest BCUT2D eigenvalue weighted by Gasteiger charge is 2.28. The van der Waals surface area contributed by atoms with Crippen LogP contribution in [-0.4, -0.2) is 0 Å². The SMILES string of the molecule is N[C@@H]1C[C@H](c2ccccc2)c2ccccc21. The second-order valence-electron chi connectivity index (χ2n) is 4.43. The highest BCUT2D eigenvalue weighted by atomic mass is 14.7. The molecule has 0 aromatic heterocycles. The molecule has 16 heavy (non-hydrogen) atoms. The summed E-state index contributed by atoms with van der Waals surface area (Å²) in [4.78, 5) is 0. The number of rotatable bonds is 1.